The highest BCUT2D eigenvalue weighted by Crippen LogP contribution is 2.24. The van der Waals surface area contributed by atoms with Gasteiger partial charge in [-0.1, -0.05) is 60.3 Å². The molecular formula is C20H24Cl2N2O. The maximum absolute atomic E-state index is 12.8. The minimum absolute atomic E-state index is 0.105. The second kappa shape index (κ2) is 9.12. The van der Waals surface area contributed by atoms with Gasteiger partial charge in [0, 0.05) is 18.8 Å². The second-order valence-electron chi connectivity index (χ2n) is 6.27. The predicted molar refractivity (Wildman–Crippen MR) is 107 cm³/mol. The van der Waals surface area contributed by atoms with Crippen LogP contribution < -0.4 is 5.32 Å². The summed E-state index contributed by atoms with van der Waals surface area (Å²) in [6, 6.07) is 11.4. The summed E-state index contributed by atoms with van der Waals surface area (Å²) < 4.78 is 0. The van der Waals surface area contributed by atoms with Crippen LogP contribution in [0.5, 0.6) is 0 Å². The Morgan fingerprint density at radius 3 is 2.48 bits per heavy atom. The number of amides is 2. The summed E-state index contributed by atoms with van der Waals surface area (Å²) >= 11 is 12.1. The monoisotopic (exact) mass is 378 g/mol. The van der Waals surface area contributed by atoms with E-state index in [2.05, 4.69) is 18.3 Å². The third kappa shape index (κ3) is 5.65. The molecule has 3 nitrogen and oxygen atoms in total. The molecule has 2 rings (SSSR count). The summed E-state index contributed by atoms with van der Waals surface area (Å²) in [6.07, 6.45) is 1.97. The van der Waals surface area contributed by atoms with Crippen LogP contribution in [0.15, 0.2) is 36.4 Å². The normalized spacial score (nSPS) is 10.6. The molecule has 0 heterocycles. The Morgan fingerprint density at radius 1 is 1.08 bits per heavy atom. The van der Waals surface area contributed by atoms with Gasteiger partial charge in [0.05, 0.1) is 10.0 Å². The summed E-state index contributed by atoms with van der Waals surface area (Å²) in [5.41, 5.74) is 4.03. The molecule has 0 aliphatic rings. The van der Waals surface area contributed by atoms with Crippen LogP contribution in [0, 0.1) is 13.8 Å². The van der Waals surface area contributed by atoms with Gasteiger partial charge < -0.3 is 10.2 Å². The molecule has 1 N–H and O–H groups in total. The van der Waals surface area contributed by atoms with Crippen molar-refractivity contribution in [3.05, 3.63) is 63.1 Å². The molecule has 0 aromatic heterocycles. The Balaban J connectivity index is 2.14. The van der Waals surface area contributed by atoms with Crippen LogP contribution in [-0.2, 0) is 6.54 Å². The predicted octanol–water partition coefficient (Wildman–Crippen LogP) is 6.44. The average molecular weight is 379 g/mol. The fourth-order valence-corrected chi connectivity index (χ4v) is 2.93. The van der Waals surface area contributed by atoms with Crippen molar-refractivity contribution in [2.24, 2.45) is 0 Å². The number of nitrogens with one attached hydrogen (secondary N) is 1. The third-order valence-electron chi connectivity index (χ3n) is 4.05. The molecule has 5 heteroatoms. The van der Waals surface area contributed by atoms with E-state index in [1.54, 1.807) is 6.07 Å². The van der Waals surface area contributed by atoms with Crippen LogP contribution >= 0.6 is 23.2 Å². The zero-order chi connectivity index (χ0) is 18.4. The van der Waals surface area contributed by atoms with E-state index in [0.717, 1.165) is 29.7 Å². The minimum atomic E-state index is -0.105. The van der Waals surface area contributed by atoms with Crippen molar-refractivity contribution >= 4 is 34.9 Å². The van der Waals surface area contributed by atoms with Crippen LogP contribution in [0.1, 0.15) is 36.5 Å². The zero-order valence-electron chi connectivity index (χ0n) is 14.9. The number of unbranched alkanes of at least 4 members (excludes halogenated alkanes) is 1. The van der Waals surface area contributed by atoms with E-state index < -0.39 is 0 Å². The Bertz CT molecular complexity index is 746. The van der Waals surface area contributed by atoms with Crippen LogP contribution in [0.3, 0.4) is 0 Å². The number of nitrogens with zero attached hydrogens (tertiary/aromatic N) is 1. The SMILES string of the molecule is CCCCN(Cc1ccc(Cl)c(Cl)c1)C(=O)Nc1ccc(C)cc1C. The Hall–Kier alpha value is -1.71. The molecule has 0 saturated carbocycles. The third-order valence-corrected chi connectivity index (χ3v) is 4.79. The van der Waals surface area contributed by atoms with Gasteiger partial charge in [-0.25, -0.2) is 4.79 Å². The van der Waals surface area contributed by atoms with Crippen LogP contribution in [0.25, 0.3) is 0 Å². The number of benzene rings is 2. The van der Waals surface area contributed by atoms with Crippen molar-refractivity contribution in [1.29, 1.82) is 0 Å². The van der Waals surface area contributed by atoms with Crippen molar-refractivity contribution in [3.63, 3.8) is 0 Å². The second-order valence-corrected chi connectivity index (χ2v) is 7.09. The highest BCUT2D eigenvalue weighted by atomic mass is 35.5. The fraction of sp³-hybridized carbons (Fsp3) is 0.350. The summed E-state index contributed by atoms with van der Waals surface area (Å²) in [5, 5.41) is 4.04. The number of halogens is 2. The molecule has 0 aliphatic carbocycles. The number of carbonyl (C=O) groups is 1. The van der Waals surface area contributed by atoms with Gasteiger partial charge in [0.25, 0.3) is 0 Å². The number of hydrogen-bond acceptors (Lipinski definition) is 1. The van der Waals surface area contributed by atoms with Crippen LogP contribution in [-0.4, -0.2) is 17.5 Å². The van der Waals surface area contributed by atoms with Crippen molar-refractivity contribution < 1.29 is 4.79 Å². The van der Waals surface area contributed by atoms with E-state index in [9.17, 15) is 4.79 Å². The maximum atomic E-state index is 12.8. The first-order valence-corrected chi connectivity index (χ1v) is 9.23. The van der Waals surface area contributed by atoms with Gasteiger partial charge in [-0.2, -0.15) is 0 Å². The van der Waals surface area contributed by atoms with E-state index >= 15 is 0 Å². The lowest BCUT2D eigenvalue weighted by Crippen LogP contribution is -2.35. The van der Waals surface area contributed by atoms with Gasteiger partial charge in [0.15, 0.2) is 0 Å². The van der Waals surface area contributed by atoms with Gasteiger partial charge in [-0.3, -0.25) is 0 Å². The Labute approximate surface area is 159 Å². The number of hydrogen-bond donors (Lipinski definition) is 1. The van der Waals surface area contributed by atoms with Crippen molar-refractivity contribution in [1.82, 2.24) is 4.90 Å². The lowest BCUT2D eigenvalue weighted by molar-refractivity contribution is 0.208. The molecule has 2 amide bonds. The molecule has 0 unspecified atom stereocenters. The molecule has 134 valence electrons. The molecule has 2 aromatic carbocycles. The Morgan fingerprint density at radius 2 is 1.84 bits per heavy atom. The van der Waals surface area contributed by atoms with Gasteiger partial charge >= 0.3 is 6.03 Å². The highest BCUT2D eigenvalue weighted by molar-refractivity contribution is 6.42. The van der Waals surface area contributed by atoms with Gasteiger partial charge in [0.1, 0.15) is 0 Å². The van der Waals surface area contributed by atoms with Crippen molar-refractivity contribution in [2.75, 3.05) is 11.9 Å². The molecule has 0 fully saturated rings. The van der Waals surface area contributed by atoms with Gasteiger partial charge in [-0.15, -0.1) is 0 Å². The average Bonchev–Trinajstić information content (AvgIpc) is 2.57. The van der Waals surface area contributed by atoms with Crippen molar-refractivity contribution in [2.45, 2.75) is 40.2 Å². The minimum Gasteiger partial charge on any atom is -0.320 e. The topological polar surface area (TPSA) is 32.3 Å². The summed E-state index contributed by atoms with van der Waals surface area (Å²) in [7, 11) is 0. The zero-order valence-corrected chi connectivity index (χ0v) is 16.4. The van der Waals surface area contributed by atoms with E-state index in [0.29, 0.717) is 23.1 Å². The summed E-state index contributed by atoms with van der Waals surface area (Å²) in [6.45, 7) is 7.33. The molecule has 25 heavy (non-hydrogen) atoms. The standard InChI is InChI=1S/C20H24Cl2N2O/c1-4-5-10-24(13-16-7-8-17(21)18(22)12-16)20(25)23-19-9-6-14(2)11-15(19)3/h6-9,11-12H,4-5,10,13H2,1-3H3,(H,23,25). The van der Waals surface area contributed by atoms with E-state index in [1.165, 1.54) is 5.56 Å². The van der Waals surface area contributed by atoms with Crippen LogP contribution in [0.4, 0.5) is 10.5 Å². The first-order valence-electron chi connectivity index (χ1n) is 8.47. The van der Waals surface area contributed by atoms with E-state index in [1.807, 2.05) is 43.0 Å². The van der Waals surface area contributed by atoms with Crippen molar-refractivity contribution in [3.8, 4) is 0 Å². The quantitative estimate of drug-likeness (QED) is 0.615. The number of aryl methyl sites for hydroxylation is 2. The Kier molecular flexibility index (Phi) is 7.15. The van der Waals surface area contributed by atoms with E-state index in [4.69, 9.17) is 23.2 Å². The number of urea groups is 1. The molecular weight excluding hydrogens is 355 g/mol. The number of rotatable bonds is 6. The molecule has 0 radical (unpaired) electrons. The lowest BCUT2D eigenvalue weighted by atomic mass is 10.1. The largest absolute Gasteiger partial charge is 0.322 e. The first-order chi connectivity index (χ1) is 11.9. The molecule has 0 spiro atoms. The molecule has 0 aliphatic heterocycles. The maximum Gasteiger partial charge on any atom is 0.322 e. The molecule has 0 saturated heterocycles. The molecule has 0 atom stereocenters. The summed E-state index contributed by atoms with van der Waals surface area (Å²) in [4.78, 5) is 14.6. The number of anilines is 1. The highest BCUT2D eigenvalue weighted by Gasteiger charge is 2.15. The lowest BCUT2D eigenvalue weighted by Gasteiger charge is -2.24. The fourth-order valence-electron chi connectivity index (χ4n) is 2.61. The number of carbonyl (C=O) groups excluding carboxylic acids is 1. The van der Waals surface area contributed by atoms with E-state index in [-0.39, 0.29) is 6.03 Å². The van der Waals surface area contributed by atoms with Crippen LogP contribution in [0.2, 0.25) is 10.0 Å². The summed E-state index contributed by atoms with van der Waals surface area (Å²) in [5.74, 6) is 0. The molecule has 2 aromatic rings. The first kappa shape index (κ1) is 19.6. The molecule has 0 bridgehead atoms. The smallest absolute Gasteiger partial charge is 0.320 e. The van der Waals surface area contributed by atoms with Gasteiger partial charge in [0.2, 0.25) is 0 Å². The van der Waals surface area contributed by atoms with Gasteiger partial charge in [-0.05, 0) is 49.6 Å².